The second-order valence-electron chi connectivity index (χ2n) is 14.3. The van der Waals surface area contributed by atoms with Gasteiger partial charge in [0.1, 0.15) is 0 Å². The lowest BCUT2D eigenvalue weighted by Gasteiger charge is -2.10. The summed E-state index contributed by atoms with van der Waals surface area (Å²) in [5, 5.41) is 0. The third-order valence-electron chi connectivity index (χ3n) is 9.92. The third kappa shape index (κ3) is 56.7. The largest absolute Gasteiger partial charge is 0.0654 e. The molecule has 0 N–H and O–H groups in total. The van der Waals surface area contributed by atoms with E-state index in [0.717, 1.165) is 23.7 Å². The zero-order valence-corrected chi connectivity index (χ0v) is 35.4. The monoisotopic (exact) mass is 641 g/mol. The zero-order valence-electron chi connectivity index (χ0n) is 35.4. The van der Waals surface area contributed by atoms with Gasteiger partial charge in [0, 0.05) is 0 Å². The maximum Gasteiger partial charge on any atom is -0.0417 e. The molecule has 0 fully saturated rings. The molecule has 1 unspecified atom stereocenters. The molecule has 0 aromatic carbocycles. The molecule has 0 nitrogen and oxygen atoms in total. The normalized spacial score (nSPS) is 11.1. The van der Waals surface area contributed by atoms with Crippen LogP contribution < -0.4 is 0 Å². The summed E-state index contributed by atoms with van der Waals surface area (Å²) in [7, 11) is 0. The van der Waals surface area contributed by atoms with E-state index in [1.165, 1.54) is 173 Å². The molecule has 0 aliphatic heterocycles. The highest BCUT2D eigenvalue weighted by atomic mass is 14.1. The Hall–Kier alpha value is 0. The van der Waals surface area contributed by atoms with Gasteiger partial charge in [0.15, 0.2) is 0 Å². The van der Waals surface area contributed by atoms with Crippen molar-refractivity contribution in [3.8, 4) is 0 Å². The van der Waals surface area contributed by atoms with Crippen LogP contribution in [-0.2, 0) is 0 Å². The Morgan fingerprint density at radius 3 is 0.822 bits per heavy atom. The highest BCUT2D eigenvalue weighted by Gasteiger charge is 2.02. The summed E-state index contributed by atoms with van der Waals surface area (Å²) in [5.41, 5.74) is 0. The van der Waals surface area contributed by atoms with Crippen molar-refractivity contribution in [3.63, 3.8) is 0 Å². The van der Waals surface area contributed by atoms with Crippen LogP contribution in [0.25, 0.3) is 0 Å². The maximum atomic E-state index is 2.34. The van der Waals surface area contributed by atoms with Crippen LogP contribution in [0.5, 0.6) is 0 Å². The van der Waals surface area contributed by atoms with E-state index in [4.69, 9.17) is 0 Å². The van der Waals surface area contributed by atoms with Gasteiger partial charge < -0.3 is 0 Å². The maximum absolute atomic E-state index is 2.34. The fraction of sp³-hybridized carbons (Fsp3) is 1.00. The Morgan fingerprint density at radius 2 is 0.556 bits per heavy atom. The van der Waals surface area contributed by atoms with Crippen molar-refractivity contribution < 1.29 is 0 Å². The number of hydrogen-bond acceptors (Lipinski definition) is 0. The van der Waals surface area contributed by atoms with Gasteiger partial charge in [0.05, 0.1) is 0 Å². The number of hydrogen-bond donors (Lipinski definition) is 0. The Bertz CT molecular complexity index is 376. The molecule has 0 aromatic rings. The molecular formula is C45H100. The van der Waals surface area contributed by atoms with Crippen molar-refractivity contribution in [2.24, 2.45) is 23.7 Å². The van der Waals surface area contributed by atoms with Crippen LogP contribution in [0.2, 0.25) is 0 Å². The molecule has 0 amide bonds. The summed E-state index contributed by atoms with van der Waals surface area (Å²) in [4.78, 5) is 0. The van der Waals surface area contributed by atoms with Crippen molar-refractivity contribution in [3.05, 3.63) is 0 Å². The Labute approximate surface area is 293 Å². The molecular weight excluding hydrogens is 540 g/mol. The van der Waals surface area contributed by atoms with Crippen LogP contribution >= 0.6 is 0 Å². The molecule has 0 rings (SSSR count). The lowest BCUT2D eigenvalue weighted by molar-refractivity contribution is 0.427. The van der Waals surface area contributed by atoms with E-state index in [2.05, 4.69) is 96.9 Å². The van der Waals surface area contributed by atoms with Gasteiger partial charge in [0.2, 0.25) is 0 Å². The van der Waals surface area contributed by atoms with Crippen LogP contribution in [-0.4, -0.2) is 0 Å². The van der Waals surface area contributed by atoms with Crippen molar-refractivity contribution in [2.75, 3.05) is 0 Å². The van der Waals surface area contributed by atoms with Crippen LogP contribution in [0.4, 0.5) is 0 Å². The fourth-order valence-corrected chi connectivity index (χ4v) is 5.73. The van der Waals surface area contributed by atoms with E-state index < -0.39 is 0 Å². The molecule has 0 saturated heterocycles. The summed E-state index contributed by atoms with van der Waals surface area (Å²) in [6.07, 6.45) is 37.9. The second kappa shape index (κ2) is 53.5. The van der Waals surface area contributed by atoms with E-state index in [9.17, 15) is 0 Å². The van der Waals surface area contributed by atoms with Gasteiger partial charge in [-0.3, -0.25) is 0 Å². The quantitative estimate of drug-likeness (QED) is 0.0825. The summed E-state index contributed by atoms with van der Waals surface area (Å²) in [6, 6.07) is 0. The predicted octanol–water partition coefficient (Wildman–Crippen LogP) is 18.2. The standard InChI is InChI=1S/5C9H20/c1-4-6-7-8-9(3)5-2;2*1-4-7-8-9(5-2)6-3;1-4-7-9(6-3)8-5-2;1-3-5-7-9-8-6-4-2/h4*9H,4-8H2,1-3H3;3-9H2,1-2H3. The first-order valence-corrected chi connectivity index (χ1v) is 21.8. The van der Waals surface area contributed by atoms with Gasteiger partial charge in [-0.15, -0.1) is 0 Å². The average molecular weight is 641 g/mol. The SMILES string of the molecule is CCCC(CC)CCC.CCCCC(CC)CC.CCCCC(CC)CC.CCCCCC(C)CC.CCCCCCCCC. The lowest BCUT2D eigenvalue weighted by Crippen LogP contribution is -1.96. The van der Waals surface area contributed by atoms with Gasteiger partial charge >= 0.3 is 0 Å². The molecule has 0 radical (unpaired) electrons. The van der Waals surface area contributed by atoms with Crippen molar-refractivity contribution in [2.45, 2.75) is 270 Å². The first kappa shape index (κ1) is 54.5. The van der Waals surface area contributed by atoms with Crippen LogP contribution in [0.3, 0.4) is 0 Å². The van der Waals surface area contributed by atoms with Crippen LogP contribution in [0.1, 0.15) is 270 Å². The molecule has 280 valence electrons. The highest BCUT2D eigenvalue weighted by molar-refractivity contribution is 4.55. The Morgan fingerprint density at radius 1 is 0.244 bits per heavy atom. The van der Waals surface area contributed by atoms with E-state index in [1.807, 2.05) is 0 Å². The molecule has 0 aromatic heterocycles. The van der Waals surface area contributed by atoms with Gasteiger partial charge in [0.25, 0.3) is 0 Å². The zero-order chi connectivity index (χ0) is 35.4. The van der Waals surface area contributed by atoms with E-state index in [1.54, 1.807) is 0 Å². The van der Waals surface area contributed by atoms with Crippen LogP contribution in [0, 0.1) is 23.7 Å². The third-order valence-corrected chi connectivity index (χ3v) is 9.92. The van der Waals surface area contributed by atoms with Crippen molar-refractivity contribution in [1.82, 2.24) is 0 Å². The van der Waals surface area contributed by atoms with Crippen LogP contribution in [0.15, 0.2) is 0 Å². The van der Waals surface area contributed by atoms with E-state index in [-0.39, 0.29) is 0 Å². The smallest absolute Gasteiger partial charge is 0.0417 e. The Balaban J connectivity index is -0.000000148. The molecule has 0 heteroatoms. The predicted molar refractivity (Wildman–Crippen MR) is 218 cm³/mol. The summed E-state index contributed by atoms with van der Waals surface area (Å²) in [6.45, 7) is 32.0. The topological polar surface area (TPSA) is 0 Å². The van der Waals surface area contributed by atoms with Gasteiger partial charge in [-0.1, -0.05) is 270 Å². The molecule has 0 bridgehead atoms. The molecule has 0 heterocycles. The minimum absolute atomic E-state index is 0.955. The van der Waals surface area contributed by atoms with Gasteiger partial charge in [-0.2, -0.15) is 0 Å². The number of rotatable bonds is 26. The molecule has 0 aliphatic rings. The van der Waals surface area contributed by atoms with Crippen molar-refractivity contribution >= 4 is 0 Å². The first-order valence-electron chi connectivity index (χ1n) is 21.8. The second-order valence-corrected chi connectivity index (χ2v) is 14.3. The first-order chi connectivity index (χ1) is 21.8. The van der Waals surface area contributed by atoms with Gasteiger partial charge in [-0.25, -0.2) is 0 Å². The Kier molecular flexibility index (Phi) is 64.7. The van der Waals surface area contributed by atoms with Gasteiger partial charge in [-0.05, 0) is 23.7 Å². The average Bonchev–Trinajstić information content (AvgIpc) is 3.07. The fourth-order valence-electron chi connectivity index (χ4n) is 5.73. The number of unbranched alkanes of at least 4 members (excludes halogenated alkanes) is 10. The minimum atomic E-state index is 0.955. The summed E-state index contributed by atoms with van der Waals surface area (Å²) < 4.78 is 0. The highest BCUT2D eigenvalue weighted by Crippen LogP contribution is 2.17. The molecule has 0 spiro atoms. The minimum Gasteiger partial charge on any atom is -0.0654 e. The van der Waals surface area contributed by atoms with E-state index in [0.29, 0.717) is 0 Å². The van der Waals surface area contributed by atoms with Crippen molar-refractivity contribution in [1.29, 1.82) is 0 Å². The summed E-state index contributed by atoms with van der Waals surface area (Å²) in [5.74, 6) is 3.98. The molecule has 0 saturated carbocycles. The molecule has 1 atom stereocenters. The summed E-state index contributed by atoms with van der Waals surface area (Å²) >= 11 is 0. The lowest BCUT2D eigenvalue weighted by atomic mass is 9.96. The van der Waals surface area contributed by atoms with E-state index >= 15 is 0 Å². The molecule has 45 heavy (non-hydrogen) atoms. The molecule has 0 aliphatic carbocycles.